The molecule has 3 nitrogen and oxygen atoms in total. The Morgan fingerprint density at radius 2 is 1.84 bits per heavy atom. The van der Waals surface area contributed by atoms with Crippen LogP contribution in [0.4, 0.5) is 13.2 Å². The van der Waals surface area contributed by atoms with E-state index in [0.29, 0.717) is 0 Å². The van der Waals surface area contributed by atoms with Crippen LogP contribution >= 0.6 is 0 Å². The minimum absolute atomic E-state index is 0.00785. The fraction of sp³-hybridized carbons (Fsp3) is 0.632. The number of carbonyl (C=O) groups is 1. The SMILES string of the molecule is CCC(C)(C)NC(=O)CN1CCCCC1c1ccc(C(F)(F)F)cc1. The number of amides is 1. The Labute approximate surface area is 147 Å². The number of likely N-dealkylation sites (tertiary alicyclic amines) is 1. The van der Waals surface area contributed by atoms with Crippen LogP contribution in [-0.4, -0.2) is 29.4 Å². The fourth-order valence-corrected chi connectivity index (χ4v) is 3.14. The first-order valence-electron chi connectivity index (χ1n) is 8.84. The van der Waals surface area contributed by atoms with Gasteiger partial charge in [-0.3, -0.25) is 9.69 Å². The lowest BCUT2D eigenvalue weighted by molar-refractivity contribution is -0.137. The molecule has 1 atom stereocenters. The van der Waals surface area contributed by atoms with Crippen molar-refractivity contribution in [2.24, 2.45) is 0 Å². The number of nitrogens with zero attached hydrogens (tertiary/aromatic N) is 1. The highest BCUT2D eigenvalue weighted by Crippen LogP contribution is 2.34. The van der Waals surface area contributed by atoms with Crippen molar-refractivity contribution in [3.63, 3.8) is 0 Å². The highest BCUT2D eigenvalue weighted by atomic mass is 19.4. The van der Waals surface area contributed by atoms with Gasteiger partial charge in [0.15, 0.2) is 0 Å². The van der Waals surface area contributed by atoms with Gasteiger partial charge in [0.05, 0.1) is 12.1 Å². The summed E-state index contributed by atoms with van der Waals surface area (Å²) in [5.74, 6) is -0.0364. The van der Waals surface area contributed by atoms with E-state index in [0.717, 1.165) is 49.9 Å². The van der Waals surface area contributed by atoms with Gasteiger partial charge in [0.1, 0.15) is 0 Å². The lowest BCUT2D eigenvalue weighted by Gasteiger charge is -2.36. The third kappa shape index (κ3) is 5.46. The van der Waals surface area contributed by atoms with E-state index in [2.05, 4.69) is 10.2 Å². The van der Waals surface area contributed by atoms with Crippen LogP contribution < -0.4 is 5.32 Å². The van der Waals surface area contributed by atoms with Crippen LogP contribution in [0.25, 0.3) is 0 Å². The van der Waals surface area contributed by atoms with Gasteiger partial charge in [0.2, 0.25) is 5.91 Å². The standard InChI is InChI=1S/C19H27F3N2O/c1-4-18(2,3)23-17(25)13-24-12-6-5-7-16(24)14-8-10-15(11-9-14)19(20,21)22/h8-11,16H,4-7,12-13H2,1-3H3,(H,23,25). The number of nitrogens with one attached hydrogen (secondary N) is 1. The van der Waals surface area contributed by atoms with Crippen LogP contribution in [0.3, 0.4) is 0 Å². The van der Waals surface area contributed by atoms with E-state index >= 15 is 0 Å². The van der Waals surface area contributed by atoms with Gasteiger partial charge in [-0.05, 0) is 57.4 Å². The zero-order valence-corrected chi connectivity index (χ0v) is 15.1. The Kier molecular flexibility index (Phi) is 6.14. The minimum atomic E-state index is -4.32. The highest BCUT2D eigenvalue weighted by Gasteiger charge is 2.31. The lowest BCUT2D eigenvalue weighted by Crippen LogP contribution is -2.48. The van der Waals surface area contributed by atoms with E-state index in [9.17, 15) is 18.0 Å². The van der Waals surface area contributed by atoms with Gasteiger partial charge in [-0.15, -0.1) is 0 Å². The maximum atomic E-state index is 12.7. The number of carbonyl (C=O) groups excluding carboxylic acids is 1. The molecule has 1 saturated heterocycles. The van der Waals surface area contributed by atoms with Crippen molar-refractivity contribution in [3.05, 3.63) is 35.4 Å². The molecule has 1 unspecified atom stereocenters. The van der Waals surface area contributed by atoms with Crippen LogP contribution in [0.1, 0.15) is 63.6 Å². The zero-order valence-electron chi connectivity index (χ0n) is 15.1. The smallest absolute Gasteiger partial charge is 0.350 e. The van der Waals surface area contributed by atoms with Crippen LogP contribution in [0.5, 0.6) is 0 Å². The van der Waals surface area contributed by atoms with E-state index in [4.69, 9.17) is 0 Å². The molecule has 0 aliphatic carbocycles. The van der Waals surface area contributed by atoms with E-state index in [1.165, 1.54) is 0 Å². The van der Waals surface area contributed by atoms with E-state index in [-0.39, 0.29) is 24.0 Å². The molecule has 1 amide bonds. The Hall–Kier alpha value is -1.56. The van der Waals surface area contributed by atoms with E-state index in [1.54, 1.807) is 12.1 Å². The summed E-state index contributed by atoms with van der Waals surface area (Å²) < 4.78 is 38.2. The number of piperidine rings is 1. The molecule has 6 heteroatoms. The van der Waals surface area contributed by atoms with Crippen molar-refractivity contribution < 1.29 is 18.0 Å². The van der Waals surface area contributed by atoms with Crippen LogP contribution in [0.2, 0.25) is 0 Å². The predicted octanol–water partition coefficient (Wildman–Crippen LogP) is 4.54. The van der Waals surface area contributed by atoms with Crippen LogP contribution in [0, 0.1) is 0 Å². The number of halogens is 3. The molecule has 1 N–H and O–H groups in total. The Balaban J connectivity index is 2.09. The van der Waals surface area contributed by atoms with Crippen molar-refractivity contribution >= 4 is 5.91 Å². The Morgan fingerprint density at radius 1 is 1.20 bits per heavy atom. The summed E-state index contributed by atoms with van der Waals surface area (Å²) in [5.41, 5.74) is -0.0483. The molecular weight excluding hydrogens is 329 g/mol. The molecule has 1 aliphatic heterocycles. The second kappa shape index (κ2) is 7.77. The molecule has 1 heterocycles. The summed E-state index contributed by atoms with van der Waals surface area (Å²) in [6.45, 7) is 7.04. The zero-order chi connectivity index (χ0) is 18.7. The number of hydrogen-bond donors (Lipinski definition) is 1. The maximum Gasteiger partial charge on any atom is 0.416 e. The maximum absolute atomic E-state index is 12.7. The van der Waals surface area contributed by atoms with Gasteiger partial charge in [-0.25, -0.2) is 0 Å². The molecule has 0 bridgehead atoms. The quantitative estimate of drug-likeness (QED) is 0.840. The van der Waals surface area contributed by atoms with Crippen molar-refractivity contribution in [2.45, 2.75) is 64.2 Å². The lowest BCUT2D eigenvalue weighted by atomic mass is 9.94. The molecule has 140 valence electrons. The summed E-state index contributed by atoms with van der Waals surface area (Å²) in [6.07, 6.45) is -0.612. The summed E-state index contributed by atoms with van der Waals surface area (Å²) in [7, 11) is 0. The van der Waals surface area contributed by atoms with Gasteiger partial charge in [0.25, 0.3) is 0 Å². The Bertz CT molecular complexity index is 581. The first-order chi connectivity index (χ1) is 11.6. The summed E-state index contributed by atoms with van der Waals surface area (Å²) in [5, 5.41) is 3.02. The average molecular weight is 356 g/mol. The highest BCUT2D eigenvalue weighted by molar-refractivity contribution is 5.78. The number of hydrogen-bond acceptors (Lipinski definition) is 2. The molecular formula is C19H27F3N2O. The Morgan fingerprint density at radius 3 is 2.40 bits per heavy atom. The summed E-state index contributed by atoms with van der Waals surface area (Å²) in [4.78, 5) is 14.4. The molecule has 0 saturated carbocycles. The van der Waals surface area contributed by atoms with Gasteiger partial charge in [-0.1, -0.05) is 25.5 Å². The average Bonchev–Trinajstić information content (AvgIpc) is 2.54. The third-order valence-electron chi connectivity index (χ3n) is 4.94. The van der Waals surface area contributed by atoms with Crippen molar-refractivity contribution in [2.75, 3.05) is 13.1 Å². The third-order valence-corrected chi connectivity index (χ3v) is 4.94. The molecule has 0 aromatic heterocycles. The van der Waals surface area contributed by atoms with Crippen molar-refractivity contribution in [3.8, 4) is 0 Å². The second-order valence-corrected chi connectivity index (χ2v) is 7.39. The van der Waals surface area contributed by atoms with Gasteiger partial charge in [-0.2, -0.15) is 13.2 Å². The monoisotopic (exact) mass is 356 g/mol. The number of alkyl halides is 3. The van der Waals surface area contributed by atoms with E-state index in [1.807, 2.05) is 20.8 Å². The topological polar surface area (TPSA) is 32.3 Å². The largest absolute Gasteiger partial charge is 0.416 e. The molecule has 1 aromatic rings. The molecule has 25 heavy (non-hydrogen) atoms. The van der Waals surface area contributed by atoms with E-state index < -0.39 is 11.7 Å². The molecule has 2 rings (SSSR count). The predicted molar refractivity (Wildman–Crippen MR) is 92.1 cm³/mol. The normalized spacial score (nSPS) is 19.7. The number of benzene rings is 1. The molecule has 1 fully saturated rings. The van der Waals surface area contributed by atoms with Crippen LogP contribution in [-0.2, 0) is 11.0 Å². The first kappa shape index (κ1) is 19.8. The molecule has 1 aliphatic rings. The molecule has 0 spiro atoms. The number of rotatable bonds is 5. The van der Waals surface area contributed by atoms with Crippen molar-refractivity contribution in [1.29, 1.82) is 0 Å². The summed E-state index contributed by atoms with van der Waals surface area (Å²) >= 11 is 0. The molecule has 1 aromatic carbocycles. The fourth-order valence-electron chi connectivity index (χ4n) is 3.14. The first-order valence-corrected chi connectivity index (χ1v) is 8.84. The van der Waals surface area contributed by atoms with Gasteiger partial charge >= 0.3 is 6.18 Å². The van der Waals surface area contributed by atoms with Crippen LogP contribution in [0.15, 0.2) is 24.3 Å². The molecule has 0 radical (unpaired) electrons. The van der Waals surface area contributed by atoms with Gasteiger partial charge in [0, 0.05) is 11.6 Å². The summed E-state index contributed by atoms with van der Waals surface area (Å²) in [6, 6.07) is 5.33. The minimum Gasteiger partial charge on any atom is -0.350 e. The second-order valence-electron chi connectivity index (χ2n) is 7.39. The van der Waals surface area contributed by atoms with Gasteiger partial charge < -0.3 is 5.32 Å². The van der Waals surface area contributed by atoms with Crippen molar-refractivity contribution in [1.82, 2.24) is 10.2 Å².